The molecular formula is C18H21N5OS. The molecule has 0 N–H and O–H groups in total. The van der Waals surface area contributed by atoms with Gasteiger partial charge in [-0.3, -0.25) is 9.20 Å². The number of fused-ring (bicyclic) bond motifs is 1. The zero-order valence-electron chi connectivity index (χ0n) is 14.7. The lowest BCUT2D eigenvalue weighted by atomic mass is 9.79. The Morgan fingerprint density at radius 2 is 2.20 bits per heavy atom. The fraction of sp³-hybridized carbons (Fsp3) is 0.444. The number of rotatable bonds is 2. The van der Waals surface area contributed by atoms with Crippen LogP contribution in [0.5, 0.6) is 0 Å². The van der Waals surface area contributed by atoms with Gasteiger partial charge in [-0.25, -0.2) is 15.0 Å². The maximum absolute atomic E-state index is 13.0. The van der Waals surface area contributed by atoms with Crippen molar-refractivity contribution in [2.75, 3.05) is 13.1 Å². The first-order chi connectivity index (χ1) is 12.0. The maximum Gasteiger partial charge on any atom is 0.257 e. The van der Waals surface area contributed by atoms with Crippen molar-refractivity contribution in [2.45, 2.75) is 39.0 Å². The van der Waals surface area contributed by atoms with Crippen LogP contribution in [0.4, 0.5) is 0 Å². The third kappa shape index (κ3) is 2.63. The third-order valence-corrected chi connectivity index (χ3v) is 6.00. The van der Waals surface area contributed by atoms with E-state index in [2.05, 4.69) is 32.9 Å². The first kappa shape index (κ1) is 16.2. The van der Waals surface area contributed by atoms with E-state index in [0.29, 0.717) is 12.1 Å². The predicted molar refractivity (Wildman–Crippen MR) is 97.1 cm³/mol. The highest BCUT2D eigenvalue weighted by Crippen LogP contribution is 2.37. The van der Waals surface area contributed by atoms with Crippen molar-refractivity contribution in [1.29, 1.82) is 0 Å². The van der Waals surface area contributed by atoms with Crippen LogP contribution in [-0.2, 0) is 5.41 Å². The smallest absolute Gasteiger partial charge is 0.257 e. The maximum atomic E-state index is 13.0. The van der Waals surface area contributed by atoms with Gasteiger partial charge < -0.3 is 4.90 Å². The average Bonchev–Trinajstić information content (AvgIpc) is 3.19. The Hall–Kier alpha value is -2.28. The molecule has 1 fully saturated rings. The highest BCUT2D eigenvalue weighted by Gasteiger charge is 2.38. The molecule has 130 valence electrons. The van der Waals surface area contributed by atoms with Crippen LogP contribution >= 0.6 is 11.3 Å². The van der Waals surface area contributed by atoms with Gasteiger partial charge in [0, 0.05) is 36.3 Å². The number of hydrogen-bond donors (Lipinski definition) is 0. The molecule has 6 nitrogen and oxygen atoms in total. The predicted octanol–water partition coefficient (Wildman–Crippen LogP) is 3.00. The number of likely N-dealkylation sites (tertiary alicyclic amines) is 1. The Morgan fingerprint density at radius 1 is 1.36 bits per heavy atom. The van der Waals surface area contributed by atoms with Crippen molar-refractivity contribution in [3.8, 4) is 0 Å². The second-order valence-corrected chi connectivity index (χ2v) is 7.89. The molecule has 3 aromatic rings. The molecule has 3 aromatic heterocycles. The monoisotopic (exact) mass is 355 g/mol. The van der Waals surface area contributed by atoms with E-state index >= 15 is 0 Å². The van der Waals surface area contributed by atoms with E-state index in [1.54, 1.807) is 17.5 Å². The van der Waals surface area contributed by atoms with E-state index in [0.717, 1.165) is 36.6 Å². The largest absolute Gasteiger partial charge is 0.338 e. The van der Waals surface area contributed by atoms with Crippen LogP contribution in [0.1, 0.15) is 47.3 Å². The van der Waals surface area contributed by atoms with Gasteiger partial charge in [0.2, 0.25) is 0 Å². The summed E-state index contributed by atoms with van der Waals surface area (Å²) in [6.45, 7) is 7.55. The van der Waals surface area contributed by atoms with Gasteiger partial charge in [0.1, 0.15) is 17.0 Å². The minimum absolute atomic E-state index is 0.0161. The minimum atomic E-state index is -0.137. The molecule has 0 aliphatic carbocycles. The average molecular weight is 355 g/mol. The zero-order valence-corrected chi connectivity index (χ0v) is 15.5. The standard InChI is InChI=1S/C18H21N5OS/c1-12-14(9-19-11-20-12)16(24)22-6-4-5-18(3,10-22)15-17-23(7-8-25-17)13(2)21-15/h7-9,11H,4-6,10H2,1-3H3. The number of imidazole rings is 1. The molecule has 1 aliphatic rings. The Kier molecular flexibility index (Phi) is 3.83. The molecule has 1 amide bonds. The van der Waals surface area contributed by atoms with Crippen LogP contribution in [0.3, 0.4) is 0 Å². The summed E-state index contributed by atoms with van der Waals surface area (Å²) in [5.41, 5.74) is 2.29. The molecule has 0 bridgehead atoms. The van der Waals surface area contributed by atoms with Gasteiger partial charge in [0.15, 0.2) is 0 Å². The second kappa shape index (κ2) is 5.91. The van der Waals surface area contributed by atoms with E-state index in [4.69, 9.17) is 4.98 Å². The van der Waals surface area contributed by atoms with Gasteiger partial charge in [-0.05, 0) is 26.7 Å². The summed E-state index contributed by atoms with van der Waals surface area (Å²) < 4.78 is 2.14. The van der Waals surface area contributed by atoms with Crippen LogP contribution in [0, 0.1) is 13.8 Å². The molecule has 4 heterocycles. The normalized spacial score (nSPS) is 21.0. The van der Waals surface area contributed by atoms with Gasteiger partial charge in [0.05, 0.1) is 17.0 Å². The SMILES string of the molecule is Cc1ncncc1C(=O)N1CCCC(C)(c2nc(C)n3ccsc23)C1. The quantitative estimate of drug-likeness (QED) is 0.709. The van der Waals surface area contributed by atoms with Crippen LogP contribution < -0.4 is 0 Å². The van der Waals surface area contributed by atoms with Gasteiger partial charge in [0.25, 0.3) is 5.91 Å². The Morgan fingerprint density at radius 3 is 3.00 bits per heavy atom. The van der Waals surface area contributed by atoms with Crippen LogP contribution in [0.25, 0.3) is 4.83 Å². The number of piperidine rings is 1. The summed E-state index contributed by atoms with van der Waals surface area (Å²) >= 11 is 1.71. The molecule has 1 atom stereocenters. The van der Waals surface area contributed by atoms with Crippen LogP contribution in [0.2, 0.25) is 0 Å². The highest BCUT2D eigenvalue weighted by molar-refractivity contribution is 7.15. The van der Waals surface area contributed by atoms with E-state index in [-0.39, 0.29) is 11.3 Å². The summed E-state index contributed by atoms with van der Waals surface area (Å²) in [5, 5.41) is 2.09. The number of carbonyl (C=O) groups is 1. The summed E-state index contributed by atoms with van der Waals surface area (Å²) in [7, 11) is 0. The number of amides is 1. The lowest BCUT2D eigenvalue weighted by molar-refractivity contribution is 0.0647. The number of aryl methyl sites for hydroxylation is 2. The molecule has 25 heavy (non-hydrogen) atoms. The molecule has 1 unspecified atom stereocenters. The number of aromatic nitrogens is 4. The fourth-order valence-corrected chi connectivity index (χ4v) is 4.76. The Bertz CT molecular complexity index is 946. The van der Waals surface area contributed by atoms with E-state index in [1.807, 2.05) is 18.7 Å². The Labute approximate surface area is 150 Å². The molecule has 1 saturated heterocycles. The Balaban J connectivity index is 1.67. The van der Waals surface area contributed by atoms with Crippen molar-refractivity contribution in [2.24, 2.45) is 0 Å². The molecular weight excluding hydrogens is 334 g/mol. The highest BCUT2D eigenvalue weighted by atomic mass is 32.1. The van der Waals surface area contributed by atoms with Crippen LogP contribution in [0.15, 0.2) is 24.1 Å². The van der Waals surface area contributed by atoms with Gasteiger partial charge in [-0.2, -0.15) is 0 Å². The fourth-order valence-electron chi connectivity index (χ4n) is 3.74. The molecule has 0 aromatic carbocycles. The summed E-state index contributed by atoms with van der Waals surface area (Å²) in [6, 6.07) is 0. The lowest BCUT2D eigenvalue weighted by Gasteiger charge is -2.39. The first-order valence-corrected chi connectivity index (χ1v) is 9.36. The number of nitrogens with zero attached hydrogens (tertiary/aromatic N) is 5. The van der Waals surface area contributed by atoms with Crippen LogP contribution in [-0.4, -0.2) is 43.2 Å². The molecule has 7 heteroatoms. The van der Waals surface area contributed by atoms with Crippen molar-refractivity contribution in [3.63, 3.8) is 0 Å². The van der Waals surface area contributed by atoms with E-state index in [9.17, 15) is 4.79 Å². The molecule has 0 saturated carbocycles. The van der Waals surface area contributed by atoms with Crippen molar-refractivity contribution in [3.05, 3.63) is 46.9 Å². The van der Waals surface area contributed by atoms with Gasteiger partial charge in [-0.1, -0.05) is 6.92 Å². The third-order valence-electron chi connectivity index (χ3n) is 5.13. The number of carbonyl (C=O) groups excluding carboxylic acids is 1. The van der Waals surface area contributed by atoms with E-state index in [1.165, 1.54) is 11.2 Å². The summed E-state index contributed by atoms with van der Waals surface area (Å²) in [6.07, 6.45) is 7.16. The number of hydrogen-bond acceptors (Lipinski definition) is 5. The topological polar surface area (TPSA) is 63.4 Å². The van der Waals surface area contributed by atoms with Crippen molar-refractivity contribution >= 4 is 22.1 Å². The van der Waals surface area contributed by atoms with Gasteiger partial charge >= 0.3 is 0 Å². The molecule has 0 radical (unpaired) electrons. The molecule has 1 aliphatic heterocycles. The van der Waals surface area contributed by atoms with E-state index < -0.39 is 0 Å². The summed E-state index contributed by atoms with van der Waals surface area (Å²) in [4.78, 5) is 29.1. The second-order valence-electron chi connectivity index (χ2n) is 7.00. The zero-order chi connectivity index (χ0) is 17.6. The molecule has 4 rings (SSSR count). The van der Waals surface area contributed by atoms with Crippen molar-refractivity contribution in [1.82, 2.24) is 24.3 Å². The van der Waals surface area contributed by atoms with Crippen molar-refractivity contribution < 1.29 is 4.79 Å². The molecule has 0 spiro atoms. The number of thiazole rings is 1. The minimum Gasteiger partial charge on any atom is -0.338 e. The first-order valence-electron chi connectivity index (χ1n) is 8.48. The lowest BCUT2D eigenvalue weighted by Crippen LogP contribution is -2.47. The summed E-state index contributed by atoms with van der Waals surface area (Å²) in [5.74, 6) is 1.02. The van der Waals surface area contributed by atoms with Gasteiger partial charge in [-0.15, -0.1) is 11.3 Å².